The molecule has 0 saturated carbocycles. The predicted octanol–water partition coefficient (Wildman–Crippen LogP) is 4.55. The van der Waals surface area contributed by atoms with Gasteiger partial charge in [-0.05, 0) is 47.9 Å². The van der Waals surface area contributed by atoms with Gasteiger partial charge in [0.2, 0.25) is 0 Å². The molecule has 0 unspecified atom stereocenters. The van der Waals surface area contributed by atoms with Crippen molar-refractivity contribution in [3.63, 3.8) is 0 Å². The lowest BCUT2D eigenvalue weighted by molar-refractivity contribution is 0.0954. The minimum Gasteiger partial charge on any atom is -0.497 e. The number of allylic oxidation sites excluding steroid dienone is 1. The Labute approximate surface area is 170 Å². The summed E-state index contributed by atoms with van der Waals surface area (Å²) in [5.41, 5.74) is 5.34. The highest BCUT2D eigenvalue weighted by molar-refractivity contribution is 6.11. The third kappa shape index (κ3) is 6.23. The molecule has 3 rings (SSSR count). The van der Waals surface area contributed by atoms with Crippen molar-refractivity contribution < 1.29 is 9.53 Å². The number of ether oxygens (including phenoxy) is 1. The van der Waals surface area contributed by atoms with E-state index < -0.39 is 0 Å². The van der Waals surface area contributed by atoms with E-state index in [0.29, 0.717) is 17.0 Å². The first-order valence-corrected chi connectivity index (χ1v) is 9.07. The Hall–Kier alpha value is -4.10. The normalized spacial score (nSPS) is 10.9. The van der Waals surface area contributed by atoms with Crippen LogP contribution in [-0.4, -0.2) is 18.7 Å². The average Bonchev–Trinajstić information content (AvgIpc) is 2.79. The number of benzene rings is 3. The molecule has 0 saturated heterocycles. The quantitative estimate of drug-likeness (QED) is 0.401. The van der Waals surface area contributed by atoms with Crippen molar-refractivity contribution in [3.05, 3.63) is 108 Å². The number of amides is 1. The van der Waals surface area contributed by atoms with Gasteiger partial charge in [-0.1, -0.05) is 66.6 Å². The van der Waals surface area contributed by atoms with E-state index in [9.17, 15) is 4.79 Å². The summed E-state index contributed by atoms with van der Waals surface area (Å²) >= 11 is 0. The molecule has 0 atom stereocenters. The van der Waals surface area contributed by atoms with E-state index in [2.05, 4.69) is 22.4 Å². The van der Waals surface area contributed by atoms with Crippen molar-refractivity contribution >= 4 is 17.7 Å². The van der Waals surface area contributed by atoms with E-state index in [0.717, 1.165) is 11.1 Å². The van der Waals surface area contributed by atoms with Gasteiger partial charge in [0, 0.05) is 11.1 Å². The minimum absolute atomic E-state index is 0.337. The number of hydrogen-bond acceptors (Lipinski definition) is 3. The molecule has 3 aromatic rings. The van der Waals surface area contributed by atoms with Gasteiger partial charge in [0.05, 0.1) is 7.11 Å². The van der Waals surface area contributed by atoms with Crippen LogP contribution >= 0.6 is 0 Å². The van der Waals surface area contributed by atoms with Crippen molar-refractivity contribution in [2.75, 3.05) is 7.11 Å². The molecule has 1 N–H and O–H groups in total. The van der Waals surface area contributed by atoms with Gasteiger partial charge in [0.25, 0.3) is 5.91 Å². The van der Waals surface area contributed by atoms with Gasteiger partial charge < -0.3 is 4.74 Å². The van der Waals surface area contributed by atoms with E-state index >= 15 is 0 Å². The van der Waals surface area contributed by atoms with E-state index in [1.807, 2.05) is 66.7 Å². The van der Waals surface area contributed by atoms with Crippen LogP contribution in [0.3, 0.4) is 0 Å². The van der Waals surface area contributed by atoms with E-state index in [1.165, 1.54) is 0 Å². The Bertz CT molecular complexity index is 1080. The topological polar surface area (TPSA) is 50.7 Å². The Balaban J connectivity index is 1.82. The molecule has 1 amide bonds. The molecule has 0 aromatic heterocycles. The van der Waals surface area contributed by atoms with Gasteiger partial charge in [0.1, 0.15) is 11.5 Å². The second-order valence-electron chi connectivity index (χ2n) is 6.03. The molecule has 4 heteroatoms. The van der Waals surface area contributed by atoms with Crippen LogP contribution < -0.4 is 10.2 Å². The molecular weight excluding hydrogens is 360 g/mol. The molecule has 0 aliphatic rings. The van der Waals surface area contributed by atoms with E-state index in [-0.39, 0.29) is 5.91 Å². The van der Waals surface area contributed by atoms with Crippen LogP contribution in [0.2, 0.25) is 0 Å². The second-order valence-corrected chi connectivity index (χ2v) is 6.03. The molecule has 0 radical (unpaired) electrons. The Morgan fingerprint density at radius 2 is 1.69 bits per heavy atom. The summed E-state index contributed by atoms with van der Waals surface area (Å²) in [6.07, 6.45) is 3.67. The number of hydrogen-bond donors (Lipinski definition) is 1. The number of methoxy groups -OCH3 is 1. The lowest BCUT2D eigenvalue weighted by Crippen LogP contribution is -2.19. The zero-order valence-electron chi connectivity index (χ0n) is 16.0. The maximum absolute atomic E-state index is 12.4. The van der Waals surface area contributed by atoms with Gasteiger partial charge in [-0.15, -0.1) is 0 Å². The zero-order chi connectivity index (χ0) is 20.3. The summed E-state index contributed by atoms with van der Waals surface area (Å²) in [6, 6.07) is 26.3. The van der Waals surface area contributed by atoms with Crippen molar-refractivity contribution in [1.82, 2.24) is 5.43 Å². The van der Waals surface area contributed by atoms with Gasteiger partial charge in [0.15, 0.2) is 0 Å². The first-order chi connectivity index (χ1) is 14.2. The molecular formula is C25H20N2O2. The maximum atomic E-state index is 12.4. The number of carbonyl (C=O) groups excluding carboxylic acids is 1. The number of nitrogens with one attached hydrogen (secondary N) is 1. The van der Waals surface area contributed by atoms with Gasteiger partial charge in [-0.3, -0.25) is 4.79 Å². The monoisotopic (exact) mass is 380 g/mol. The lowest BCUT2D eigenvalue weighted by Gasteiger charge is -2.03. The molecule has 4 nitrogen and oxygen atoms in total. The Morgan fingerprint density at radius 1 is 0.966 bits per heavy atom. The summed E-state index contributed by atoms with van der Waals surface area (Å²) in [7, 11) is 1.56. The highest BCUT2D eigenvalue weighted by Gasteiger charge is 2.05. The SMILES string of the molecule is COc1cccc(C(=O)NN=C(C#Cc2ccccc2)C=Cc2ccccc2)c1. The molecule has 3 aromatic carbocycles. The van der Waals surface area contributed by atoms with Crippen LogP contribution in [0.25, 0.3) is 6.08 Å². The number of nitrogens with zero attached hydrogens (tertiary/aromatic N) is 1. The van der Waals surface area contributed by atoms with Crippen molar-refractivity contribution in [3.8, 4) is 17.6 Å². The number of rotatable bonds is 5. The number of hydrazone groups is 1. The first-order valence-electron chi connectivity index (χ1n) is 9.07. The molecule has 0 bridgehead atoms. The molecule has 29 heavy (non-hydrogen) atoms. The average molecular weight is 380 g/mol. The standard InChI is InChI=1S/C25H20N2O2/c1-29-24-14-8-13-22(19-24)25(28)27-26-23(17-15-20-9-4-2-5-10-20)18-16-21-11-6-3-7-12-21/h2-15,17,19H,1H3,(H,27,28). The van der Waals surface area contributed by atoms with Gasteiger partial charge in [-0.25, -0.2) is 5.43 Å². The van der Waals surface area contributed by atoms with Crippen molar-refractivity contribution in [2.24, 2.45) is 5.10 Å². The summed E-state index contributed by atoms with van der Waals surface area (Å²) in [6.45, 7) is 0. The molecule has 0 aliphatic carbocycles. The van der Waals surface area contributed by atoms with Crippen molar-refractivity contribution in [2.45, 2.75) is 0 Å². The molecule has 0 heterocycles. The third-order valence-electron chi connectivity index (χ3n) is 3.95. The number of carbonyl (C=O) groups is 1. The summed E-state index contributed by atoms with van der Waals surface area (Å²) < 4.78 is 5.16. The fourth-order valence-electron chi connectivity index (χ4n) is 2.44. The third-order valence-corrected chi connectivity index (χ3v) is 3.95. The molecule has 142 valence electrons. The van der Waals surface area contributed by atoms with E-state index in [1.54, 1.807) is 37.5 Å². The smallest absolute Gasteiger partial charge is 0.271 e. The first kappa shape index (κ1) is 19.7. The van der Waals surface area contributed by atoms with Gasteiger partial charge in [-0.2, -0.15) is 5.10 Å². The van der Waals surface area contributed by atoms with Crippen LogP contribution in [0, 0.1) is 11.8 Å². The largest absolute Gasteiger partial charge is 0.497 e. The summed E-state index contributed by atoms with van der Waals surface area (Å²) in [4.78, 5) is 12.4. The maximum Gasteiger partial charge on any atom is 0.271 e. The molecule has 0 fully saturated rings. The second kappa shape index (κ2) is 10.3. The minimum atomic E-state index is -0.337. The van der Waals surface area contributed by atoms with Crippen LogP contribution in [0.4, 0.5) is 0 Å². The Morgan fingerprint density at radius 3 is 2.41 bits per heavy atom. The fourth-order valence-corrected chi connectivity index (χ4v) is 2.44. The van der Waals surface area contributed by atoms with Crippen LogP contribution in [-0.2, 0) is 0 Å². The lowest BCUT2D eigenvalue weighted by atomic mass is 10.2. The fraction of sp³-hybridized carbons (Fsp3) is 0.0400. The molecule has 0 spiro atoms. The van der Waals surface area contributed by atoms with Crippen LogP contribution in [0.1, 0.15) is 21.5 Å². The summed E-state index contributed by atoms with van der Waals surface area (Å²) in [5, 5.41) is 4.20. The van der Waals surface area contributed by atoms with E-state index in [4.69, 9.17) is 4.74 Å². The molecule has 0 aliphatic heterocycles. The zero-order valence-corrected chi connectivity index (χ0v) is 16.0. The highest BCUT2D eigenvalue weighted by atomic mass is 16.5. The highest BCUT2D eigenvalue weighted by Crippen LogP contribution is 2.12. The Kier molecular flexibility index (Phi) is 6.97. The van der Waals surface area contributed by atoms with Crippen LogP contribution in [0.15, 0.2) is 96.1 Å². The predicted molar refractivity (Wildman–Crippen MR) is 117 cm³/mol. The van der Waals surface area contributed by atoms with Crippen LogP contribution in [0.5, 0.6) is 5.75 Å². The summed E-state index contributed by atoms with van der Waals surface area (Å²) in [5.74, 6) is 6.34. The van der Waals surface area contributed by atoms with Crippen molar-refractivity contribution in [1.29, 1.82) is 0 Å². The van der Waals surface area contributed by atoms with Gasteiger partial charge >= 0.3 is 0 Å².